The Morgan fingerprint density at radius 1 is 1.50 bits per heavy atom. The highest BCUT2D eigenvalue weighted by Gasteiger charge is 2.26. The summed E-state index contributed by atoms with van der Waals surface area (Å²) >= 11 is 0. The first-order valence-corrected chi connectivity index (χ1v) is 4.11. The average molecular weight is 143 g/mol. The molecule has 0 saturated carbocycles. The Labute approximate surface area is 63.2 Å². The van der Waals surface area contributed by atoms with E-state index in [-0.39, 0.29) is 0 Å². The van der Waals surface area contributed by atoms with Crippen molar-refractivity contribution in [2.24, 2.45) is 0 Å². The molecule has 2 nitrogen and oxygen atoms in total. The minimum atomic E-state index is 0.423. The first-order chi connectivity index (χ1) is 4.75. The molecule has 0 aliphatic carbocycles. The lowest BCUT2D eigenvalue weighted by molar-refractivity contribution is 0.0988. The highest BCUT2D eigenvalue weighted by atomic mass is 16.5. The van der Waals surface area contributed by atoms with Crippen LogP contribution >= 0.6 is 0 Å². The van der Waals surface area contributed by atoms with Gasteiger partial charge in [-0.05, 0) is 20.3 Å². The van der Waals surface area contributed by atoms with Gasteiger partial charge in [0.25, 0.3) is 0 Å². The highest BCUT2D eigenvalue weighted by molar-refractivity contribution is 4.76. The molecule has 2 unspecified atom stereocenters. The topological polar surface area (TPSA) is 12.5 Å². The standard InChI is InChI=1S/C8H17NO/c1-4-5-9-6-10-8(3)7(9)2/h7-8H,4-6H2,1-3H3. The molecule has 1 aliphatic heterocycles. The molecule has 1 rings (SSSR count). The molecule has 2 heteroatoms. The predicted octanol–water partition coefficient (Wildman–Crippen LogP) is 1.46. The molecule has 0 spiro atoms. The maximum Gasteiger partial charge on any atom is 0.0997 e. The molecule has 0 N–H and O–H groups in total. The van der Waals surface area contributed by atoms with E-state index in [1.54, 1.807) is 0 Å². The summed E-state index contributed by atoms with van der Waals surface area (Å²) in [5.41, 5.74) is 0. The van der Waals surface area contributed by atoms with Crippen molar-refractivity contribution in [2.45, 2.75) is 39.3 Å². The van der Waals surface area contributed by atoms with E-state index < -0.39 is 0 Å². The molecular formula is C8H17NO. The molecular weight excluding hydrogens is 126 g/mol. The van der Waals surface area contributed by atoms with Crippen LogP contribution in [-0.4, -0.2) is 30.3 Å². The van der Waals surface area contributed by atoms with Crippen molar-refractivity contribution in [3.05, 3.63) is 0 Å². The summed E-state index contributed by atoms with van der Waals surface area (Å²) in [6, 6.07) is 0.611. The molecule has 1 aliphatic rings. The van der Waals surface area contributed by atoms with E-state index in [1.165, 1.54) is 13.0 Å². The molecule has 1 heterocycles. The Hall–Kier alpha value is -0.0800. The SMILES string of the molecule is CCCN1COC(C)C1C. The number of rotatable bonds is 2. The van der Waals surface area contributed by atoms with Gasteiger partial charge in [0.1, 0.15) is 0 Å². The molecule has 10 heavy (non-hydrogen) atoms. The molecule has 2 atom stereocenters. The Morgan fingerprint density at radius 3 is 2.60 bits per heavy atom. The zero-order valence-electron chi connectivity index (χ0n) is 7.13. The molecule has 0 aromatic heterocycles. The third kappa shape index (κ3) is 1.50. The molecule has 0 aromatic carbocycles. The van der Waals surface area contributed by atoms with Gasteiger partial charge in [-0.3, -0.25) is 4.90 Å². The Balaban J connectivity index is 2.33. The van der Waals surface area contributed by atoms with E-state index in [0.717, 1.165) is 6.73 Å². The van der Waals surface area contributed by atoms with Gasteiger partial charge in [0.15, 0.2) is 0 Å². The molecule has 0 bridgehead atoms. The minimum absolute atomic E-state index is 0.423. The second-order valence-corrected chi connectivity index (χ2v) is 3.05. The Morgan fingerprint density at radius 2 is 2.20 bits per heavy atom. The van der Waals surface area contributed by atoms with Crippen molar-refractivity contribution in [3.8, 4) is 0 Å². The normalized spacial score (nSPS) is 35.1. The second-order valence-electron chi connectivity index (χ2n) is 3.05. The lowest BCUT2D eigenvalue weighted by Crippen LogP contribution is -2.31. The van der Waals surface area contributed by atoms with E-state index in [4.69, 9.17) is 4.74 Å². The minimum Gasteiger partial charge on any atom is -0.362 e. The van der Waals surface area contributed by atoms with Gasteiger partial charge < -0.3 is 4.74 Å². The van der Waals surface area contributed by atoms with Crippen LogP contribution in [0.3, 0.4) is 0 Å². The highest BCUT2D eigenvalue weighted by Crippen LogP contribution is 2.15. The fraction of sp³-hybridized carbons (Fsp3) is 1.00. The lowest BCUT2D eigenvalue weighted by Gasteiger charge is -2.18. The van der Waals surface area contributed by atoms with Crippen LogP contribution in [0, 0.1) is 0 Å². The van der Waals surface area contributed by atoms with E-state index in [0.29, 0.717) is 12.1 Å². The average Bonchev–Trinajstić information content (AvgIpc) is 2.20. The van der Waals surface area contributed by atoms with Crippen LogP contribution in [0.15, 0.2) is 0 Å². The second kappa shape index (κ2) is 3.35. The van der Waals surface area contributed by atoms with Crippen LogP contribution < -0.4 is 0 Å². The Kier molecular flexibility index (Phi) is 2.69. The first-order valence-electron chi connectivity index (χ1n) is 4.11. The molecule has 0 amide bonds. The Bertz CT molecular complexity index is 103. The molecule has 1 saturated heterocycles. The van der Waals surface area contributed by atoms with Gasteiger partial charge in [0, 0.05) is 12.6 Å². The van der Waals surface area contributed by atoms with E-state index >= 15 is 0 Å². The van der Waals surface area contributed by atoms with Crippen LogP contribution in [0.1, 0.15) is 27.2 Å². The zero-order valence-corrected chi connectivity index (χ0v) is 7.13. The van der Waals surface area contributed by atoms with Crippen LogP contribution in [0.4, 0.5) is 0 Å². The van der Waals surface area contributed by atoms with Crippen LogP contribution in [0.2, 0.25) is 0 Å². The first kappa shape index (κ1) is 8.02. The molecule has 1 fully saturated rings. The maximum atomic E-state index is 5.46. The summed E-state index contributed by atoms with van der Waals surface area (Å²) in [5, 5.41) is 0. The number of nitrogens with zero attached hydrogens (tertiary/aromatic N) is 1. The van der Waals surface area contributed by atoms with Crippen molar-refractivity contribution in [1.29, 1.82) is 0 Å². The van der Waals surface area contributed by atoms with Crippen LogP contribution in [0.5, 0.6) is 0 Å². The number of hydrogen-bond donors (Lipinski definition) is 0. The summed E-state index contributed by atoms with van der Waals surface area (Å²) in [7, 11) is 0. The summed E-state index contributed by atoms with van der Waals surface area (Å²) < 4.78 is 5.46. The summed E-state index contributed by atoms with van der Waals surface area (Å²) in [6.45, 7) is 8.57. The summed E-state index contributed by atoms with van der Waals surface area (Å²) in [5.74, 6) is 0. The van der Waals surface area contributed by atoms with Gasteiger partial charge in [0.2, 0.25) is 0 Å². The van der Waals surface area contributed by atoms with Gasteiger partial charge in [-0.15, -0.1) is 0 Å². The molecule has 60 valence electrons. The number of hydrogen-bond acceptors (Lipinski definition) is 2. The van der Waals surface area contributed by atoms with Crippen molar-refractivity contribution in [3.63, 3.8) is 0 Å². The van der Waals surface area contributed by atoms with Crippen molar-refractivity contribution < 1.29 is 4.74 Å². The molecule has 0 aromatic rings. The van der Waals surface area contributed by atoms with E-state index in [2.05, 4.69) is 25.7 Å². The monoisotopic (exact) mass is 143 g/mol. The van der Waals surface area contributed by atoms with Gasteiger partial charge in [-0.2, -0.15) is 0 Å². The largest absolute Gasteiger partial charge is 0.362 e. The predicted molar refractivity (Wildman–Crippen MR) is 41.9 cm³/mol. The summed E-state index contributed by atoms with van der Waals surface area (Å²) in [6.07, 6.45) is 1.65. The van der Waals surface area contributed by atoms with Crippen molar-refractivity contribution in [1.82, 2.24) is 4.90 Å². The van der Waals surface area contributed by atoms with E-state index in [9.17, 15) is 0 Å². The maximum absolute atomic E-state index is 5.46. The quantitative estimate of drug-likeness (QED) is 0.580. The molecule has 0 radical (unpaired) electrons. The van der Waals surface area contributed by atoms with Crippen LogP contribution in [-0.2, 0) is 4.74 Å². The van der Waals surface area contributed by atoms with Crippen LogP contribution in [0.25, 0.3) is 0 Å². The smallest absolute Gasteiger partial charge is 0.0997 e. The van der Waals surface area contributed by atoms with Gasteiger partial charge in [0.05, 0.1) is 12.8 Å². The summed E-state index contributed by atoms with van der Waals surface area (Å²) in [4.78, 5) is 2.38. The lowest BCUT2D eigenvalue weighted by atomic mass is 10.2. The van der Waals surface area contributed by atoms with Crippen molar-refractivity contribution >= 4 is 0 Å². The third-order valence-corrected chi connectivity index (χ3v) is 2.27. The van der Waals surface area contributed by atoms with Crippen molar-refractivity contribution in [2.75, 3.05) is 13.3 Å². The third-order valence-electron chi connectivity index (χ3n) is 2.27. The van der Waals surface area contributed by atoms with Gasteiger partial charge in [-0.25, -0.2) is 0 Å². The van der Waals surface area contributed by atoms with Gasteiger partial charge in [-0.1, -0.05) is 6.92 Å². The fourth-order valence-electron chi connectivity index (χ4n) is 1.32. The zero-order chi connectivity index (χ0) is 7.56. The number of ether oxygens (including phenoxy) is 1. The fourth-order valence-corrected chi connectivity index (χ4v) is 1.32. The van der Waals surface area contributed by atoms with Gasteiger partial charge >= 0.3 is 0 Å². The van der Waals surface area contributed by atoms with E-state index in [1.807, 2.05) is 0 Å².